The summed E-state index contributed by atoms with van der Waals surface area (Å²) >= 11 is 1.49. The second kappa shape index (κ2) is 4.06. The summed E-state index contributed by atoms with van der Waals surface area (Å²) in [5.41, 5.74) is 2.75. The molecule has 0 radical (unpaired) electrons. The lowest BCUT2D eigenvalue weighted by Crippen LogP contribution is -2.48. The number of rotatable bonds is 3. The fraction of sp³-hybridized carbons (Fsp3) is 0.556. The van der Waals surface area contributed by atoms with E-state index in [0.29, 0.717) is 0 Å². The summed E-state index contributed by atoms with van der Waals surface area (Å²) < 4.78 is 0. The van der Waals surface area contributed by atoms with Gasteiger partial charge in [-0.2, -0.15) is 0 Å². The maximum Gasteiger partial charge on any atom is 0.230 e. The Morgan fingerprint density at radius 2 is 2.57 bits per heavy atom. The number of aryl methyl sites for hydroxylation is 1. The van der Waals surface area contributed by atoms with Crippen molar-refractivity contribution < 1.29 is 4.79 Å². The molecule has 2 rings (SSSR count). The Kier molecular flexibility index (Phi) is 2.79. The van der Waals surface area contributed by atoms with Crippen molar-refractivity contribution in [1.29, 1.82) is 0 Å². The van der Waals surface area contributed by atoms with Crippen molar-refractivity contribution in [3.8, 4) is 0 Å². The van der Waals surface area contributed by atoms with Crippen LogP contribution in [0.3, 0.4) is 0 Å². The van der Waals surface area contributed by atoms with Crippen LogP contribution in [0.5, 0.6) is 0 Å². The number of hydrogen-bond donors (Lipinski definition) is 2. The van der Waals surface area contributed by atoms with Crippen LogP contribution in [0, 0.1) is 5.92 Å². The van der Waals surface area contributed by atoms with Gasteiger partial charge in [-0.25, -0.2) is 4.98 Å². The highest BCUT2D eigenvalue weighted by atomic mass is 32.1. The smallest absolute Gasteiger partial charge is 0.230 e. The zero-order valence-corrected chi connectivity index (χ0v) is 8.86. The number of anilines is 1. The zero-order chi connectivity index (χ0) is 9.97. The van der Waals surface area contributed by atoms with Gasteiger partial charge in [-0.05, 0) is 6.42 Å². The molecule has 1 aromatic rings. The summed E-state index contributed by atoms with van der Waals surface area (Å²) in [7, 11) is 0. The summed E-state index contributed by atoms with van der Waals surface area (Å²) in [5.74, 6) is 0.254. The molecular weight excluding hydrogens is 198 g/mol. The van der Waals surface area contributed by atoms with Gasteiger partial charge in [0.05, 0.1) is 17.1 Å². The Morgan fingerprint density at radius 3 is 3.14 bits per heavy atom. The fourth-order valence-corrected chi connectivity index (χ4v) is 2.09. The second-order valence-electron chi connectivity index (χ2n) is 3.33. The van der Waals surface area contributed by atoms with Gasteiger partial charge >= 0.3 is 0 Å². The van der Waals surface area contributed by atoms with Crippen molar-refractivity contribution in [2.75, 3.05) is 18.4 Å². The molecule has 0 bridgehead atoms. The number of nitrogens with one attached hydrogen (secondary N) is 2. The first-order valence-electron chi connectivity index (χ1n) is 4.75. The summed E-state index contributed by atoms with van der Waals surface area (Å²) in [6, 6.07) is 0. The number of hydrogen-bond acceptors (Lipinski definition) is 4. The van der Waals surface area contributed by atoms with Crippen LogP contribution in [0.2, 0.25) is 0 Å². The molecule has 0 spiro atoms. The van der Waals surface area contributed by atoms with Crippen molar-refractivity contribution in [2.45, 2.75) is 13.3 Å². The van der Waals surface area contributed by atoms with Gasteiger partial charge < -0.3 is 10.6 Å². The van der Waals surface area contributed by atoms with E-state index >= 15 is 0 Å². The van der Waals surface area contributed by atoms with Crippen LogP contribution in [-0.2, 0) is 11.2 Å². The Labute approximate surface area is 86.7 Å². The lowest BCUT2D eigenvalue weighted by molar-refractivity contribution is -0.121. The Morgan fingerprint density at radius 1 is 1.79 bits per heavy atom. The second-order valence-corrected chi connectivity index (χ2v) is 4.18. The van der Waals surface area contributed by atoms with Crippen LogP contribution in [0.1, 0.15) is 12.6 Å². The molecule has 0 saturated carbocycles. The number of nitrogens with zero attached hydrogens (tertiary/aromatic N) is 1. The zero-order valence-electron chi connectivity index (χ0n) is 8.04. The molecule has 76 valence electrons. The minimum Gasteiger partial charge on any atom is -0.316 e. The third kappa shape index (κ3) is 1.78. The summed E-state index contributed by atoms with van der Waals surface area (Å²) in [6.07, 6.45) is 0.863. The average molecular weight is 211 g/mol. The first-order valence-corrected chi connectivity index (χ1v) is 5.63. The molecule has 0 aromatic carbocycles. The Hall–Kier alpha value is -0.940. The average Bonchev–Trinajstić information content (AvgIpc) is 2.48. The highest BCUT2D eigenvalue weighted by molar-refractivity contribution is 7.14. The molecule has 4 nitrogen and oxygen atoms in total. The third-order valence-electron chi connectivity index (χ3n) is 2.37. The predicted molar refractivity (Wildman–Crippen MR) is 56.5 cm³/mol. The van der Waals surface area contributed by atoms with Gasteiger partial charge in [0.2, 0.25) is 5.91 Å². The van der Waals surface area contributed by atoms with Gasteiger partial charge in [0.25, 0.3) is 0 Å². The molecule has 1 fully saturated rings. The summed E-state index contributed by atoms with van der Waals surface area (Å²) in [4.78, 5) is 15.8. The molecule has 0 unspecified atom stereocenters. The minimum atomic E-state index is 0.114. The van der Waals surface area contributed by atoms with Crippen molar-refractivity contribution in [1.82, 2.24) is 10.3 Å². The molecule has 1 aliphatic rings. The molecule has 5 heteroatoms. The molecule has 1 saturated heterocycles. The van der Waals surface area contributed by atoms with E-state index in [1.54, 1.807) is 5.51 Å². The van der Waals surface area contributed by atoms with Gasteiger partial charge in [-0.3, -0.25) is 4.79 Å². The topological polar surface area (TPSA) is 54.0 Å². The Bertz CT molecular complexity index is 333. The molecule has 0 aliphatic carbocycles. The van der Waals surface area contributed by atoms with Gasteiger partial charge in [0, 0.05) is 13.1 Å². The number of carbonyl (C=O) groups excluding carboxylic acids is 1. The Balaban J connectivity index is 1.99. The van der Waals surface area contributed by atoms with Gasteiger partial charge in [0.15, 0.2) is 0 Å². The van der Waals surface area contributed by atoms with E-state index in [0.717, 1.165) is 30.2 Å². The van der Waals surface area contributed by atoms with E-state index in [9.17, 15) is 4.79 Å². The van der Waals surface area contributed by atoms with Crippen LogP contribution in [0.15, 0.2) is 5.51 Å². The highest BCUT2D eigenvalue weighted by Gasteiger charge is 2.25. The lowest BCUT2D eigenvalue weighted by Gasteiger charge is -2.25. The van der Waals surface area contributed by atoms with Crippen LogP contribution in [0.25, 0.3) is 0 Å². The molecule has 14 heavy (non-hydrogen) atoms. The lowest BCUT2D eigenvalue weighted by atomic mass is 10.0. The summed E-state index contributed by atoms with van der Waals surface area (Å²) in [6.45, 7) is 3.63. The molecular formula is C9H13N3OS. The standard InChI is InChI=1S/C9H13N3OS/c1-2-7-9(14-5-11-7)12-8(13)6-3-10-4-6/h5-6,10H,2-4H2,1H3,(H,12,13). The van der Waals surface area contributed by atoms with E-state index in [1.807, 2.05) is 6.92 Å². The summed E-state index contributed by atoms with van der Waals surface area (Å²) in [5, 5.41) is 6.90. The normalized spacial score (nSPS) is 16.4. The monoisotopic (exact) mass is 211 g/mol. The minimum absolute atomic E-state index is 0.114. The molecule has 0 atom stereocenters. The maximum atomic E-state index is 11.6. The fourth-order valence-electron chi connectivity index (χ4n) is 1.31. The number of aromatic nitrogens is 1. The first kappa shape index (κ1) is 9.61. The van der Waals surface area contributed by atoms with Crippen LogP contribution < -0.4 is 10.6 Å². The molecule has 2 heterocycles. The highest BCUT2D eigenvalue weighted by Crippen LogP contribution is 2.21. The molecule has 1 aromatic heterocycles. The van der Waals surface area contributed by atoms with Crippen LogP contribution >= 0.6 is 11.3 Å². The van der Waals surface area contributed by atoms with Crippen molar-refractivity contribution in [3.05, 3.63) is 11.2 Å². The van der Waals surface area contributed by atoms with Crippen molar-refractivity contribution >= 4 is 22.2 Å². The van der Waals surface area contributed by atoms with E-state index in [2.05, 4.69) is 15.6 Å². The molecule has 1 amide bonds. The maximum absolute atomic E-state index is 11.6. The van der Waals surface area contributed by atoms with Gasteiger partial charge in [-0.1, -0.05) is 6.92 Å². The third-order valence-corrected chi connectivity index (χ3v) is 3.15. The van der Waals surface area contributed by atoms with Crippen molar-refractivity contribution in [2.24, 2.45) is 5.92 Å². The predicted octanol–water partition coefficient (Wildman–Crippen LogP) is 0.863. The SMILES string of the molecule is CCc1ncsc1NC(=O)C1CNC1. The van der Waals surface area contributed by atoms with Gasteiger partial charge in [0.1, 0.15) is 5.00 Å². The number of amides is 1. The number of carbonyl (C=O) groups is 1. The van der Waals surface area contributed by atoms with E-state index in [1.165, 1.54) is 11.3 Å². The van der Waals surface area contributed by atoms with E-state index in [-0.39, 0.29) is 11.8 Å². The van der Waals surface area contributed by atoms with Gasteiger partial charge in [-0.15, -0.1) is 11.3 Å². The van der Waals surface area contributed by atoms with E-state index < -0.39 is 0 Å². The van der Waals surface area contributed by atoms with Crippen LogP contribution in [0.4, 0.5) is 5.00 Å². The largest absolute Gasteiger partial charge is 0.316 e. The quantitative estimate of drug-likeness (QED) is 0.779. The molecule has 2 N–H and O–H groups in total. The van der Waals surface area contributed by atoms with E-state index in [4.69, 9.17) is 0 Å². The first-order chi connectivity index (χ1) is 6.81. The van der Waals surface area contributed by atoms with Crippen LogP contribution in [-0.4, -0.2) is 24.0 Å². The van der Waals surface area contributed by atoms with Crippen molar-refractivity contribution in [3.63, 3.8) is 0 Å². The molecule has 1 aliphatic heterocycles. The number of thiazole rings is 1.